The number of benzene rings is 1. The van der Waals surface area contributed by atoms with E-state index in [1.807, 2.05) is 31.3 Å². The maximum atomic E-state index is 12.4. The summed E-state index contributed by atoms with van der Waals surface area (Å²) in [4.78, 5) is 4.75. The summed E-state index contributed by atoms with van der Waals surface area (Å²) in [5.41, 5.74) is 10.1. The lowest BCUT2D eigenvalue weighted by Crippen LogP contribution is -2.38. The second-order valence-corrected chi connectivity index (χ2v) is 5.74. The largest absolute Gasteiger partial charge is 0.489 e. The maximum absolute atomic E-state index is 12.4. The molecular formula is C16H21FN4O. The monoisotopic (exact) mass is 304 g/mol. The molecular weight excluding hydrogens is 283 g/mol. The van der Waals surface area contributed by atoms with Crippen LogP contribution in [0.15, 0.2) is 41.2 Å². The van der Waals surface area contributed by atoms with E-state index in [1.54, 1.807) is 0 Å². The fourth-order valence-corrected chi connectivity index (χ4v) is 2.46. The third kappa shape index (κ3) is 3.28. The predicted molar refractivity (Wildman–Crippen MR) is 84.1 cm³/mol. The number of nitrogens with two attached hydrogens (primary N) is 1. The molecule has 1 aromatic rings. The van der Waals surface area contributed by atoms with Gasteiger partial charge in [0.15, 0.2) is 0 Å². The Morgan fingerprint density at radius 2 is 2.18 bits per heavy atom. The Morgan fingerprint density at radius 3 is 2.77 bits per heavy atom. The van der Waals surface area contributed by atoms with Gasteiger partial charge < -0.3 is 15.9 Å². The van der Waals surface area contributed by atoms with Crippen molar-refractivity contribution in [3.63, 3.8) is 0 Å². The molecule has 5 nitrogen and oxygen atoms in total. The molecule has 1 unspecified atom stereocenters. The van der Waals surface area contributed by atoms with Gasteiger partial charge >= 0.3 is 0 Å². The van der Waals surface area contributed by atoms with Gasteiger partial charge in [-0.3, -0.25) is 0 Å². The summed E-state index contributed by atoms with van der Waals surface area (Å²) in [6.07, 6.45) is 3.25. The first-order valence-corrected chi connectivity index (χ1v) is 7.50. The highest BCUT2D eigenvalue weighted by Crippen LogP contribution is 2.36. The number of halogens is 1. The van der Waals surface area contributed by atoms with E-state index in [0.717, 1.165) is 11.4 Å². The van der Waals surface area contributed by atoms with Crippen LogP contribution in [0.1, 0.15) is 18.4 Å². The molecule has 1 aromatic carbocycles. The summed E-state index contributed by atoms with van der Waals surface area (Å²) < 4.78 is 17.9. The zero-order chi connectivity index (χ0) is 15.5. The number of hydrogen-bond acceptors (Lipinski definition) is 5. The van der Waals surface area contributed by atoms with Crippen molar-refractivity contribution in [2.75, 3.05) is 20.2 Å². The van der Waals surface area contributed by atoms with Crippen molar-refractivity contribution in [1.82, 2.24) is 10.4 Å². The maximum Gasteiger partial charge on any atom is 0.144 e. The van der Waals surface area contributed by atoms with Crippen LogP contribution in [0.4, 0.5) is 4.39 Å². The number of nitrogens with one attached hydrogen (secondary N) is 1. The molecule has 0 spiro atoms. The van der Waals surface area contributed by atoms with Gasteiger partial charge in [0.25, 0.3) is 0 Å². The molecule has 1 heterocycles. The number of hydrogen-bond donors (Lipinski definition) is 2. The Bertz CT molecular complexity index is 580. The van der Waals surface area contributed by atoms with Crippen LogP contribution >= 0.6 is 0 Å². The molecule has 3 rings (SSSR count). The molecule has 0 saturated heterocycles. The van der Waals surface area contributed by atoms with Crippen molar-refractivity contribution < 1.29 is 9.13 Å². The van der Waals surface area contributed by atoms with Crippen LogP contribution in [0, 0.1) is 5.92 Å². The summed E-state index contributed by atoms with van der Waals surface area (Å²) in [6.45, 7) is 0.322. The van der Waals surface area contributed by atoms with Gasteiger partial charge in [0.1, 0.15) is 24.4 Å². The van der Waals surface area contributed by atoms with Crippen LogP contribution in [0.25, 0.3) is 0 Å². The molecule has 0 radical (unpaired) electrons. The summed E-state index contributed by atoms with van der Waals surface area (Å²) in [6, 6.07) is 7.61. The average Bonchev–Trinajstić information content (AvgIpc) is 3.31. The van der Waals surface area contributed by atoms with E-state index in [4.69, 9.17) is 15.5 Å². The fraction of sp³-hybridized carbons (Fsp3) is 0.438. The van der Waals surface area contributed by atoms with Gasteiger partial charge in [0, 0.05) is 24.7 Å². The quantitative estimate of drug-likeness (QED) is 0.841. The number of aliphatic imine (C=N–C) groups is 1. The molecule has 1 saturated carbocycles. The minimum Gasteiger partial charge on any atom is -0.489 e. The molecule has 2 aliphatic rings. The van der Waals surface area contributed by atoms with Gasteiger partial charge in [0.2, 0.25) is 0 Å². The van der Waals surface area contributed by atoms with Crippen molar-refractivity contribution in [1.29, 1.82) is 0 Å². The SMILES string of the molecule is CN1NC(c2ccc(OC/C(=C/F)CN)cc2)=NC1C1CC1. The van der Waals surface area contributed by atoms with Crippen LogP contribution in [-0.2, 0) is 0 Å². The number of ether oxygens (including phenoxy) is 1. The van der Waals surface area contributed by atoms with E-state index >= 15 is 0 Å². The minimum absolute atomic E-state index is 0.157. The highest BCUT2D eigenvalue weighted by atomic mass is 19.1. The second-order valence-electron chi connectivity index (χ2n) is 5.74. The third-order valence-electron chi connectivity index (χ3n) is 3.95. The van der Waals surface area contributed by atoms with E-state index in [0.29, 0.717) is 23.6 Å². The van der Waals surface area contributed by atoms with Gasteiger partial charge in [-0.2, -0.15) is 0 Å². The van der Waals surface area contributed by atoms with Crippen molar-refractivity contribution in [2.24, 2.45) is 16.6 Å². The normalized spacial score (nSPS) is 22.4. The first kappa shape index (κ1) is 15.0. The summed E-state index contributed by atoms with van der Waals surface area (Å²) in [5.74, 6) is 2.25. The minimum atomic E-state index is 0.157. The van der Waals surface area contributed by atoms with Gasteiger partial charge in [-0.05, 0) is 43.0 Å². The topological polar surface area (TPSA) is 62.9 Å². The van der Waals surface area contributed by atoms with Gasteiger partial charge in [0.05, 0.1) is 6.33 Å². The molecule has 1 aliphatic carbocycles. The van der Waals surface area contributed by atoms with E-state index in [-0.39, 0.29) is 19.3 Å². The van der Waals surface area contributed by atoms with E-state index in [9.17, 15) is 4.39 Å². The Balaban J connectivity index is 1.63. The molecule has 0 aromatic heterocycles. The molecule has 6 heteroatoms. The smallest absolute Gasteiger partial charge is 0.144 e. The lowest BCUT2D eigenvalue weighted by molar-refractivity contribution is 0.217. The summed E-state index contributed by atoms with van der Waals surface area (Å²) >= 11 is 0. The molecule has 118 valence electrons. The Hall–Kier alpha value is -1.92. The summed E-state index contributed by atoms with van der Waals surface area (Å²) in [7, 11) is 2.02. The van der Waals surface area contributed by atoms with Crippen LogP contribution in [-0.4, -0.2) is 37.2 Å². The van der Waals surface area contributed by atoms with Crippen LogP contribution in [0.2, 0.25) is 0 Å². The fourth-order valence-electron chi connectivity index (χ4n) is 2.46. The zero-order valence-corrected chi connectivity index (χ0v) is 12.6. The van der Waals surface area contributed by atoms with Crippen molar-refractivity contribution in [2.45, 2.75) is 19.0 Å². The van der Waals surface area contributed by atoms with Gasteiger partial charge in [-0.15, -0.1) is 0 Å². The molecule has 1 atom stereocenters. The van der Waals surface area contributed by atoms with Crippen LogP contribution in [0.3, 0.4) is 0 Å². The Labute approximate surface area is 129 Å². The molecule has 22 heavy (non-hydrogen) atoms. The predicted octanol–water partition coefficient (Wildman–Crippen LogP) is 1.81. The van der Waals surface area contributed by atoms with Gasteiger partial charge in [-0.25, -0.2) is 14.4 Å². The Kier molecular flexibility index (Phi) is 4.40. The van der Waals surface area contributed by atoms with Crippen LogP contribution < -0.4 is 15.9 Å². The molecule has 1 fully saturated rings. The average molecular weight is 304 g/mol. The third-order valence-corrected chi connectivity index (χ3v) is 3.95. The number of nitrogens with zero attached hydrogens (tertiary/aromatic N) is 2. The van der Waals surface area contributed by atoms with E-state index in [1.165, 1.54) is 12.8 Å². The zero-order valence-electron chi connectivity index (χ0n) is 12.6. The first-order chi connectivity index (χ1) is 10.7. The second kappa shape index (κ2) is 6.46. The Morgan fingerprint density at radius 1 is 1.45 bits per heavy atom. The highest BCUT2D eigenvalue weighted by molar-refractivity contribution is 5.99. The lowest BCUT2D eigenvalue weighted by atomic mass is 10.2. The highest BCUT2D eigenvalue weighted by Gasteiger charge is 2.37. The van der Waals surface area contributed by atoms with Gasteiger partial charge in [-0.1, -0.05) is 0 Å². The molecule has 0 amide bonds. The van der Waals surface area contributed by atoms with Crippen molar-refractivity contribution >= 4 is 5.84 Å². The molecule has 3 N–H and O–H groups in total. The number of amidine groups is 1. The van der Waals surface area contributed by atoms with Crippen LogP contribution in [0.5, 0.6) is 5.75 Å². The van der Waals surface area contributed by atoms with E-state index < -0.39 is 0 Å². The summed E-state index contributed by atoms with van der Waals surface area (Å²) in [5, 5.41) is 2.07. The first-order valence-electron chi connectivity index (χ1n) is 7.50. The van der Waals surface area contributed by atoms with E-state index in [2.05, 4.69) is 10.4 Å². The number of rotatable bonds is 6. The standard InChI is InChI=1S/C16H21FN4O/c1-21-16(13-2-3-13)19-15(20-21)12-4-6-14(7-5-12)22-10-11(8-17)9-18/h4-8,13,16H,2-3,9-10,18H2,1H3,(H,19,20)/b11-8+. The molecule has 0 bridgehead atoms. The van der Waals surface area contributed by atoms with Crippen molar-refractivity contribution in [3.05, 3.63) is 41.7 Å². The number of hydrazine groups is 1. The van der Waals surface area contributed by atoms with Crippen molar-refractivity contribution in [3.8, 4) is 5.75 Å². The molecule has 1 aliphatic heterocycles. The lowest BCUT2D eigenvalue weighted by Gasteiger charge is -2.16.